The first-order valence-electron chi connectivity index (χ1n) is 7.51. The van der Waals surface area contributed by atoms with Crippen LogP contribution in [0.3, 0.4) is 0 Å². The van der Waals surface area contributed by atoms with Gasteiger partial charge in [-0.15, -0.1) is 0 Å². The summed E-state index contributed by atoms with van der Waals surface area (Å²) in [6.45, 7) is 0. The molecular weight excluding hydrogens is 375 g/mol. The number of pyridine rings is 1. The highest BCUT2D eigenvalue weighted by molar-refractivity contribution is 6.33. The predicted molar refractivity (Wildman–Crippen MR) is 101 cm³/mol. The highest BCUT2D eigenvalue weighted by Gasteiger charge is 2.12. The molecule has 2 N–H and O–H groups in total. The van der Waals surface area contributed by atoms with Gasteiger partial charge in [0.2, 0.25) is 0 Å². The van der Waals surface area contributed by atoms with Gasteiger partial charge >= 0.3 is 5.97 Å². The van der Waals surface area contributed by atoms with E-state index in [-0.39, 0.29) is 16.5 Å². The van der Waals surface area contributed by atoms with E-state index >= 15 is 0 Å². The largest absolute Gasteiger partial charge is 0.478 e. The summed E-state index contributed by atoms with van der Waals surface area (Å²) in [4.78, 5) is 27.7. The quantitative estimate of drug-likeness (QED) is 0.660. The molecule has 130 valence electrons. The average molecular weight is 387 g/mol. The molecule has 1 heterocycles. The Hall–Kier alpha value is -2.89. The Labute approximate surface area is 159 Å². The molecule has 2 aromatic carbocycles. The second kappa shape index (κ2) is 7.56. The number of halogens is 2. The molecule has 0 aliphatic carbocycles. The molecule has 0 aliphatic heterocycles. The molecule has 0 radical (unpaired) electrons. The van der Waals surface area contributed by atoms with Gasteiger partial charge in [-0.1, -0.05) is 35.3 Å². The van der Waals surface area contributed by atoms with Crippen LogP contribution in [0.5, 0.6) is 0 Å². The molecule has 0 atom stereocenters. The Morgan fingerprint density at radius 1 is 0.962 bits per heavy atom. The number of hydrogen-bond donors (Lipinski definition) is 2. The zero-order valence-electron chi connectivity index (χ0n) is 13.2. The van der Waals surface area contributed by atoms with E-state index in [0.29, 0.717) is 22.0 Å². The van der Waals surface area contributed by atoms with Gasteiger partial charge in [-0.05, 0) is 42.5 Å². The van der Waals surface area contributed by atoms with Gasteiger partial charge < -0.3 is 10.4 Å². The third kappa shape index (κ3) is 3.85. The van der Waals surface area contributed by atoms with Crippen molar-refractivity contribution >= 4 is 40.8 Å². The number of anilines is 1. The minimum absolute atomic E-state index is 0.0791. The van der Waals surface area contributed by atoms with Gasteiger partial charge in [0.05, 0.1) is 21.3 Å². The van der Waals surface area contributed by atoms with Gasteiger partial charge in [0, 0.05) is 23.0 Å². The van der Waals surface area contributed by atoms with Crippen molar-refractivity contribution in [2.75, 3.05) is 5.32 Å². The highest BCUT2D eigenvalue weighted by Crippen LogP contribution is 2.26. The van der Waals surface area contributed by atoms with Gasteiger partial charge in [-0.3, -0.25) is 9.78 Å². The van der Waals surface area contributed by atoms with Crippen molar-refractivity contribution < 1.29 is 14.7 Å². The number of benzene rings is 2. The second-order valence-electron chi connectivity index (χ2n) is 5.37. The maximum atomic E-state index is 12.4. The summed E-state index contributed by atoms with van der Waals surface area (Å²) in [5, 5.41) is 12.4. The van der Waals surface area contributed by atoms with E-state index in [2.05, 4.69) is 10.3 Å². The zero-order chi connectivity index (χ0) is 18.7. The molecule has 1 amide bonds. The van der Waals surface area contributed by atoms with E-state index in [4.69, 9.17) is 28.3 Å². The van der Waals surface area contributed by atoms with Crippen LogP contribution in [0, 0.1) is 0 Å². The number of nitrogens with zero attached hydrogens (tertiary/aromatic N) is 1. The lowest BCUT2D eigenvalue weighted by Crippen LogP contribution is -2.12. The van der Waals surface area contributed by atoms with Crippen LogP contribution < -0.4 is 5.32 Å². The fraction of sp³-hybridized carbons (Fsp3) is 0. The Kier molecular flexibility index (Phi) is 5.21. The van der Waals surface area contributed by atoms with Crippen LogP contribution in [0.1, 0.15) is 20.7 Å². The normalized spacial score (nSPS) is 10.4. The lowest BCUT2D eigenvalue weighted by atomic mass is 10.1. The number of carbonyl (C=O) groups is 2. The smallest absolute Gasteiger partial charge is 0.337 e. The van der Waals surface area contributed by atoms with E-state index in [9.17, 15) is 9.59 Å². The summed E-state index contributed by atoms with van der Waals surface area (Å²) in [7, 11) is 0. The maximum Gasteiger partial charge on any atom is 0.337 e. The van der Waals surface area contributed by atoms with E-state index in [1.807, 2.05) is 0 Å². The lowest BCUT2D eigenvalue weighted by molar-refractivity contribution is 0.0696. The molecule has 26 heavy (non-hydrogen) atoms. The molecule has 7 heteroatoms. The van der Waals surface area contributed by atoms with Crippen LogP contribution in [0.15, 0.2) is 60.8 Å². The van der Waals surface area contributed by atoms with Crippen molar-refractivity contribution in [2.24, 2.45) is 0 Å². The molecule has 3 rings (SSSR count). The third-order valence-electron chi connectivity index (χ3n) is 3.63. The number of hydrogen-bond acceptors (Lipinski definition) is 3. The Balaban J connectivity index is 1.80. The van der Waals surface area contributed by atoms with Crippen LogP contribution in [-0.4, -0.2) is 22.0 Å². The number of aromatic nitrogens is 1. The number of carboxylic acids is 1. The standard InChI is InChI=1S/C19H12Cl2N2O3/c20-15-8-7-13(10-14(15)19(25)26)23-18(24)12-5-3-11(4-6-12)17-16(21)2-1-9-22-17/h1-10H,(H,23,24)(H,25,26). The summed E-state index contributed by atoms with van der Waals surface area (Å²) < 4.78 is 0. The maximum absolute atomic E-state index is 12.4. The first-order chi connectivity index (χ1) is 12.5. The van der Waals surface area contributed by atoms with Crippen molar-refractivity contribution in [3.05, 3.63) is 82.0 Å². The summed E-state index contributed by atoms with van der Waals surface area (Å²) in [6.07, 6.45) is 1.64. The van der Waals surface area contributed by atoms with E-state index in [1.54, 1.807) is 42.6 Å². The second-order valence-corrected chi connectivity index (χ2v) is 6.18. The van der Waals surface area contributed by atoms with E-state index in [1.165, 1.54) is 18.2 Å². The van der Waals surface area contributed by atoms with Gasteiger partial charge in [0.25, 0.3) is 5.91 Å². The average Bonchev–Trinajstić information content (AvgIpc) is 2.63. The van der Waals surface area contributed by atoms with Crippen molar-refractivity contribution in [3.63, 3.8) is 0 Å². The van der Waals surface area contributed by atoms with Gasteiger partial charge in [-0.2, -0.15) is 0 Å². The molecule has 0 aliphatic rings. The highest BCUT2D eigenvalue weighted by atomic mass is 35.5. The SMILES string of the molecule is O=C(Nc1ccc(Cl)c(C(=O)O)c1)c1ccc(-c2ncccc2Cl)cc1. The molecule has 0 unspecified atom stereocenters. The fourth-order valence-corrected chi connectivity index (χ4v) is 2.78. The van der Waals surface area contributed by atoms with Gasteiger partial charge in [0.1, 0.15) is 0 Å². The fourth-order valence-electron chi connectivity index (χ4n) is 2.35. The van der Waals surface area contributed by atoms with E-state index in [0.717, 1.165) is 5.56 Å². The first-order valence-corrected chi connectivity index (χ1v) is 8.26. The summed E-state index contributed by atoms with van der Waals surface area (Å²) in [6, 6.07) is 14.5. The number of aromatic carboxylic acids is 1. The molecule has 0 saturated carbocycles. The Bertz CT molecular complexity index is 988. The number of amides is 1. The molecule has 0 saturated heterocycles. The van der Waals surface area contributed by atoms with Gasteiger partial charge in [-0.25, -0.2) is 4.79 Å². The lowest BCUT2D eigenvalue weighted by Gasteiger charge is -2.08. The number of nitrogens with one attached hydrogen (secondary N) is 1. The molecule has 0 fully saturated rings. The Morgan fingerprint density at radius 2 is 1.69 bits per heavy atom. The minimum Gasteiger partial charge on any atom is -0.478 e. The first kappa shape index (κ1) is 17.9. The zero-order valence-corrected chi connectivity index (χ0v) is 14.8. The van der Waals surface area contributed by atoms with Crippen LogP contribution in [0.25, 0.3) is 11.3 Å². The van der Waals surface area contributed by atoms with Crippen molar-refractivity contribution in [2.45, 2.75) is 0 Å². The topological polar surface area (TPSA) is 79.3 Å². The number of carbonyl (C=O) groups excluding carboxylic acids is 1. The summed E-state index contributed by atoms with van der Waals surface area (Å²) in [5.74, 6) is -1.54. The molecule has 5 nitrogen and oxygen atoms in total. The van der Waals surface area contributed by atoms with Crippen LogP contribution in [0.4, 0.5) is 5.69 Å². The van der Waals surface area contributed by atoms with E-state index < -0.39 is 5.97 Å². The molecule has 0 bridgehead atoms. The van der Waals surface area contributed by atoms with Crippen LogP contribution in [-0.2, 0) is 0 Å². The number of rotatable bonds is 4. The number of carboxylic acid groups (broad SMARTS) is 1. The minimum atomic E-state index is -1.16. The third-order valence-corrected chi connectivity index (χ3v) is 4.27. The molecule has 3 aromatic rings. The van der Waals surface area contributed by atoms with Gasteiger partial charge in [0.15, 0.2) is 0 Å². The Morgan fingerprint density at radius 3 is 2.35 bits per heavy atom. The van der Waals surface area contributed by atoms with Crippen molar-refractivity contribution in [1.29, 1.82) is 0 Å². The monoisotopic (exact) mass is 386 g/mol. The van der Waals surface area contributed by atoms with Crippen LogP contribution >= 0.6 is 23.2 Å². The predicted octanol–water partition coefficient (Wildman–Crippen LogP) is 5.01. The summed E-state index contributed by atoms with van der Waals surface area (Å²) >= 11 is 11.9. The molecule has 0 spiro atoms. The van der Waals surface area contributed by atoms with Crippen LogP contribution in [0.2, 0.25) is 10.0 Å². The van der Waals surface area contributed by atoms with Crippen molar-refractivity contribution in [1.82, 2.24) is 4.98 Å². The molecule has 1 aromatic heterocycles. The van der Waals surface area contributed by atoms with Crippen molar-refractivity contribution in [3.8, 4) is 11.3 Å². The molecular formula is C19H12Cl2N2O3. The summed E-state index contributed by atoms with van der Waals surface area (Å²) in [5.41, 5.74) is 2.09.